The van der Waals surface area contributed by atoms with Crippen LogP contribution in [0.25, 0.3) is 0 Å². The van der Waals surface area contributed by atoms with Crippen molar-refractivity contribution in [3.05, 3.63) is 35.4 Å². The fourth-order valence-corrected chi connectivity index (χ4v) is 5.02. The van der Waals surface area contributed by atoms with Crippen molar-refractivity contribution in [1.82, 2.24) is 18.4 Å². The molecule has 3 rings (SSSR count). The number of rotatable bonds is 5. The first-order valence-corrected chi connectivity index (χ1v) is 10.6. The Balaban J connectivity index is 1.60. The minimum Gasteiger partial charge on any atom is -0.380 e. The minimum atomic E-state index is -3.45. The predicted octanol–water partition coefficient (Wildman–Crippen LogP) is 0.0830. The average Bonchev–Trinajstić information content (AvgIpc) is 2.68. The van der Waals surface area contributed by atoms with Crippen LogP contribution in [0.2, 0.25) is 0 Å². The van der Waals surface area contributed by atoms with Crippen LogP contribution in [0.4, 0.5) is 0 Å². The van der Waals surface area contributed by atoms with Crippen molar-refractivity contribution in [3.63, 3.8) is 0 Å². The molecule has 1 aromatic rings. The molecule has 2 aliphatic rings. The van der Waals surface area contributed by atoms with Gasteiger partial charge in [0.2, 0.25) is 0 Å². The zero-order valence-electron chi connectivity index (χ0n) is 16.0. The molecule has 0 aromatic heterocycles. The van der Waals surface area contributed by atoms with Gasteiger partial charge in [-0.1, -0.05) is 12.1 Å². The van der Waals surface area contributed by atoms with Gasteiger partial charge in [0, 0.05) is 65.0 Å². The second kappa shape index (κ2) is 8.66. The SMILES string of the molecule is COCc1cccc(C(=O)N2CCN(S(=O)(=O)N3CCN(C)CC3)CC2)c1. The summed E-state index contributed by atoms with van der Waals surface area (Å²) in [4.78, 5) is 16.6. The largest absolute Gasteiger partial charge is 0.380 e. The molecule has 1 amide bonds. The molecule has 0 saturated carbocycles. The van der Waals surface area contributed by atoms with Crippen LogP contribution in [0.15, 0.2) is 24.3 Å². The Labute approximate surface area is 161 Å². The summed E-state index contributed by atoms with van der Waals surface area (Å²) in [7, 11) is 0.165. The third-order valence-corrected chi connectivity index (χ3v) is 7.16. The van der Waals surface area contributed by atoms with Gasteiger partial charge in [0.15, 0.2) is 0 Å². The Kier molecular flexibility index (Phi) is 6.48. The number of hydrogen-bond acceptors (Lipinski definition) is 5. The Morgan fingerprint density at radius 3 is 2.19 bits per heavy atom. The van der Waals surface area contributed by atoms with Crippen molar-refractivity contribution in [1.29, 1.82) is 0 Å². The molecule has 8 nitrogen and oxygen atoms in total. The van der Waals surface area contributed by atoms with Gasteiger partial charge >= 0.3 is 0 Å². The topological polar surface area (TPSA) is 73.4 Å². The maximum atomic E-state index is 12.8. The average molecular weight is 397 g/mol. The molecule has 0 bridgehead atoms. The second-order valence-corrected chi connectivity index (χ2v) is 8.96. The number of ether oxygens (including phenoxy) is 1. The zero-order valence-corrected chi connectivity index (χ0v) is 16.8. The summed E-state index contributed by atoms with van der Waals surface area (Å²) in [5, 5.41) is 0. The highest BCUT2D eigenvalue weighted by molar-refractivity contribution is 7.86. The van der Waals surface area contributed by atoms with Gasteiger partial charge in [0.25, 0.3) is 16.1 Å². The molecule has 9 heteroatoms. The standard InChI is InChI=1S/C18H28N4O4S/c1-19-6-10-21(11-7-19)27(24,25)22-12-8-20(9-13-22)18(23)17-5-3-4-16(14-17)15-26-2/h3-5,14H,6-13,15H2,1-2H3. The lowest BCUT2D eigenvalue weighted by Gasteiger charge is -2.39. The van der Waals surface area contributed by atoms with E-state index >= 15 is 0 Å². The van der Waals surface area contributed by atoms with Crippen LogP contribution in [-0.2, 0) is 21.6 Å². The van der Waals surface area contributed by atoms with Crippen molar-refractivity contribution in [2.75, 3.05) is 66.5 Å². The highest BCUT2D eigenvalue weighted by atomic mass is 32.2. The van der Waals surface area contributed by atoms with E-state index in [0.717, 1.165) is 18.7 Å². The molecular formula is C18H28N4O4S. The van der Waals surface area contributed by atoms with Gasteiger partial charge < -0.3 is 14.5 Å². The molecule has 150 valence electrons. The fourth-order valence-electron chi connectivity index (χ4n) is 3.45. The summed E-state index contributed by atoms with van der Waals surface area (Å²) in [5.41, 5.74) is 1.56. The highest BCUT2D eigenvalue weighted by Crippen LogP contribution is 2.16. The van der Waals surface area contributed by atoms with Gasteiger partial charge in [-0.3, -0.25) is 4.79 Å². The van der Waals surface area contributed by atoms with Gasteiger partial charge in [-0.05, 0) is 24.7 Å². The lowest BCUT2D eigenvalue weighted by atomic mass is 10.1. The van der Waals surface area contributed by atoms with E-state index in [0.29, 0.717) is 51.4 Å². The molecule has 2 heterocycles. The Morgan fingerprint density at radius 1 is 1.00 bits per heavy atom. The van der Waals surface area contributed by atoms with Crippen LogP contribution in [0.3, 0.4) is 0 Å². The van der Waals surface area contributed by atoms with Gasteiger partial charge in [-0.2, -0.15) is 17.0 Å². The van der Waals surface area contributed by atoms with Crippen molar-refractivity contribution in [3.8, 4) is 0 Å². The molecule has 0 N–H and O–H groups in total. The highest BCUT2D eigenvalue weighted by Gasteiger charge is 2.34. The van der Waals surface area contributed by atoms with E-state index in [1.54, 1.807) is 22.4 Å². The normalized spacial score (nSPS) is 20.7. The molecular weight excluding hydrogens is 368 g/mol. The van der Waals surface area contributed by atoms with Crippen LogP contribution < -0.4 is 0 Å². The van der Waals surface area contributed by atoms with Gasteiger partial charge in [0.05, 0.1) is 6.61 Å². The fraction of sp³-hybridized carbons (Fsp3) is 0.611. The van der Waals surface area contributed by atoms with Crippen LogP contribution >= 0.6 is 0 Å². The Hall–Kier alpha value is -1.52. The monoisotopic (exact) mass is 396 g/mol. The molecule has 2 aliphatic heterocycles. The summed E-state index contributed by atoms with van der Waals surface area (Å²) < 4.78 is 33.8. The number of methoxy groups -OCH3 is 1. The number of hydrogen-bond donors (Lipinski definition) is 0. The first-order chi connectivity index (χ1) is 12.9. The Bertz CT molecular complexity index is 754. The first-order valence-electron chi connectivity index (χ1n) is 9.23. The maximum Gasteiger partial charge on any atom is 0.282 e. The third-order valence-electron chi connectivity index (χ3n) is 5.13. The molecule has 2 fully saturated rings. The van der Waals surface area contributed by atoms with Crippen molar-refractivity contribution in [2.45, 2.75) is 6.61 Å². The minimum absolute atomic E-state index is 0.0652. The number of likely N-dealkylation sites (N-methyl/N-ethyl adjacent to an activating group) is 1. The summed E-state index contributed by atoms with van der Waals surface area (Å²) in [6, 6.07) is 7.38. The third kappa shape index (κ3) is 4.67. The molecule has 27 heavy (non-hydrogen) atoms. The van der Waals surface area contributed by atoms with E-state index in [1.807, 2.05) is 25.2 Å². The molecule has 0 unspecified atom stereocenters. The number of nitrogens with zero attached hydrogens (tertiary/aromatic N) is 4. The molecule has 0 radical (unpaired) electrons. The van der Waals surface area contributed by atoms with Gasteiger partial charge in [-0.25, -0.2) is 0 Å². The predicted molar refractivity (Wildman–Crippen MR) is 103 cm³/mol. The zero-order chi connectivity index (χ0) is 19.4. The molecule has 0 spiro atoms. The number of piperazine rings is 2. The number of carbonyl (C=O) groups is 1. The summed E-state index contributed by atoms with van der Waals surface area (Å²) in [6.45, 7) is 4.45. The molecule has 1 aromatic carbocycles. The lowest BCUT2D eigenvalue weighted by Crippen LogP contribution is -2.57. The molecule has 0 aliphatic carbocycles. The summed E-state index contributed by atoms with van der Waals surface area (Å²) >= 11 is 0. The van der Waals surface area contributed by atoms with E-state index in [-0.39, 0.29) is 5.91 Å². The van der Waals surface area contributed by atoms with Gasteiger partial charge in [0.1, 0.15) is 0 Å². The Morgan fingerprint density at radius 2 is 1.59 bits per heavy atom. The van der Waals surface area contributed by atoms with E-state index in [1.165, 1.54) is 4.31 Å². The quantitative estimate of drug-likeness (QED) is 0.705. The van der Waals surface area contributed by atoms with Crippen LogP contribution in [0.1, 0.15) is 15.9 Å². The van der Waals surface area contributed by atoms with Crippen molar-refractivity contribution in [2.24, 2.45) is 0 Å². The van der Waals surface area contributed by atoms with Crippen molar-refractivity contribution >= 4 is 16.1 Å². The summed E-state index contributed by atoms with van der Waals surface area (Å²) in [5.74, 6) is -0.0652. The smallest absolute Gasteiger partial charge is 0.282 e. The van der Waals surface area contributed by atoms with E-state index in [2.05, 4.69) is 4.90 Å². The van der Waals surface area contributed by atoms with Crippen molar-refractivity contribution < 1.29 is 17.9 Å². The number of benzene rings is 1. The van der Waals surface area contributed by atoms with E-state index in [9.17, 15) is 13.2 Å². The van der Waals surface area contributed by atoms with E-state index < -0.39 is 10.2 Å². The van der Waals surface area contributed by atoms with Crippen LogP contribution in [0, 0.1) is 0 Å². The lowest BCUT2D eigenvalue weighted by molar-refractivity contribution is 0.0692. The molecule has 2 saturated heterocycles. The van der Waals surface area contributed by atoms with Crippen LogP contribution in [0.5, 0.6) is 0 Å². The molecule has 0 atom stereocenters. The maximum absolute atomic E-state index is 12.8. The van der Waals surface area contributed by atoms with Crippen LogP contribution in [-0.4, -0.2) is 99.3 Å². The number of amides is 1. The van der Waals surface area contributed by atoms with Gasteiger partial charge in [-0.15, -0.1) is 0 Å². The first kappa shape index (κ1) is 20.2. The number of carbonyl (C=O) groups excluding carboxylic acids is 1. The van der Waals surface area contributed by atoms with E-state index in [4.69, 9.17) is 4.74 Å². The summed E-state index contributed by atoms with van der Waals surface area (Å²) in [6.07, 6.45) is 0. The second-order valence-electron chi connectivity index (χ2n) is 7.03.